The number of nitrogens with zero attached hydrogens (tertiary/aromatic N) is 1. The predicted molar refractivity (Wildman–Crippen MR) is 67.9 cm³/mol. The second kappa shape index (κ2) is 6.09. The van der Waals surface area contributed by atoms with Gasteiger partial charge in [-0.05, 0) is 5.56 Å². The van der Waals surface area contributed by atoms with Crippen LogP contribution in [0.4, 0.5) is 13.2 Å². The normalized spacial score (nSPS) is 17.1. The first-order valence-corrected chi connectivity index (χ1v) is 6.19. The van der Waals surface area contributed by atoms with Gasteiger partial charge in [-0.25, -0.2) is 0 Å². The quantitative estimate of drug-likeness (QED) is 0.781. The lowest BCUT2D eigenvalue weighted by atomic mass is 10.0. The summed E-state index contributed by atoms with van der Waals surface area (Å²) in [5, 5.41) is 0. The SMILES string of the molecule is O=C(/C=C(/c1ccccc1)C(F)(F)F)N1CCOCC1. The number of carbonyl (C=O) groups is 1. The van der Waals surface area contributed by atoms with Crippen molar-refractivity contribution in [3.05, 3.63) is 42.0 Å². The predicted octanol–water partition coefficient (Wildman–Crippen LogP) is 2.49. The molecule has 1 aliphatic rings. The first kappa shape index (κ1) is 14.6. The Labute approximate surface area is 114 Å². The van der Waals surface area contributed by atoms with Gasteiger partial charge >= 0.3 is 6.18 Å². The molecule has 1 amide bonds. The highest BCUT2D eigenvalue weighted by Gasteiger charge is 2.35. The molecular formula is C14H14F3NO2. The lowest BCUT2D eigenvalue weighted by Gasteiger charge is -2.26. The fourth-order valence-corrected chi connectivity index (χ4v) is 1.95. The maximum Gasteiger partial charge on any atom is 0.417 e. The van der Waals surface area contributed by atoms with Gasteiger partial charge in [-0.3, -0.25) is 4.79 Å². The molecule has 0 bridgehead atoms. The van der Waals surface area contributed by atoms with Crippen molar-refractivity contribution in [2.75, 3.05) is 26.3 Å². The van der Waals surface area contributed by atoms with E-state index in [9.17, 15) is 18.0 Å². The van der Waals surface area contributed by atoms with Crippen molar-refractivity contribution in [2.24, 2.45) is 0 Å². The zero-order valence-electron chi connectivity index (χ0n) is 10.7. The number of alkyl halides is 3. The van der Waals surface area contributed by atoms with Gasteiger partial charge in [0.2, 0.25) is 5.91 Å². The van der Waals surface area contributed by atoms with Crippen LogP contribution >= 0.6 is 0 Å². The van der Waals surface area contributed by atoms with Gasteiger partial charge in [0.1, 0.15) is 0 Å². The van der Waals surface area contributed by atoms with Crippen LogP contribution in [0.2, 0.25) is 0 Å². The second-order valence-corrected chi connectivity index (χ2v) is 4.36. The summed E-state index contributed by atoms with van der Waals surface area (Å²) in [6.45, 7) is 1.34. The number of morpholine rings is 1. The molecule has 20 heavy (non-hydrogen) atoms. The van der Waals surface area contributed by atoms with Crippen molar-refractivity contribution in [1.29, 1.82) is 0 Å². The Bertz CT molecular complexity index is 491. The van der Waals surface area contributed by atoms with E-state index >= 15 is 0 Å². The number of carbonyl (C=O) groups excluding carboxylic acids is 1. The number of ether oxygens (including phenoxy) is 1. The van der Waals surface area contributed by atoms with E-state index in [0.717, 1.165) is 0 Å². The number of halogens is 3. The second-order valence-electron chi connectivity index (χ2n) is 4.36. The summed E-state index contributed by atoms with van der Waals surface area (Å²) in [5.41, 5.74) is -0.934. The summed E-state index contributed by atoms with van der Waals surface area (Å²) in [6.07, 6.45) is -3.90. The van der Waals surface area contributed by atoms with Gasteiger partial charge in [-0.1, -0.05) is 30.3 Å². The Morgan fingerprint density at radius 3 is 2.30 bits per heavy atom. The fourth-order valence-electron chi connectivity index (χ4n) is 1.95. The van der Waals surface area contributed by atoms with Gasteiger partial charge in [0.15, 0.2) is 0 Å². The molecule has 6 heteroatoms. The third kappa shape index (κ3) is 3.60. The minimum atomic E-state index is -4.57. The molecule has 1 aliphatic heterocycles. The van der Waals surface area contributed by atoms with Crippen LogP contribution in [0.25, 0.3) is 5.57 Å². The van der Waals surface area contributed by atoms with Gasteiger partial charge < -0.3 is 9.64 Å². The molecule has 1 aromatic carbocycles. The Morgan fingerprint density at radius 2 is 1.75 bits per heavy atom. The van der Waals surface area contributed by atoms with Gasteiger partial charge in [0.25, 0.3) is 0 Å². The van der Waals surface area contributed by atoms with E-state index in [1.165, 1.54) is 29.2 Å². The van der Waals surface area contributed by atoms with E-state index in [2.05, 4.69) is 0 Å². The van der Waals surface area contributed by atoms with E-state index in [4.69, 9.17) is 4.74 Å². The molecule has 3 nitrogen and oxygen atoms in total. The molecule has 0 saturated carbocycles. The summed E-state index contributed by atoms with van der Waals surface area (Å²) >= 11 is 0. The summed E-state index contributed by atoms with van der Waals surface area (Å²) in [5.74, 6) is -0.635. The van der Waals surface area contributed by atoms with E-state index < -0.39 is 17.7 Å². The third-order valence-electron chi connectivity index (χ3n) is 2.98. The van der Waals surface area contributed by atoms with Crippen LogP contribution in [0.15, 0.2) is 36.4 Å². The minimum Gasteiger partial charge on any atom is -0.378 e. The lowest BCUT2D eigenvalue weighted by Crippen LogP contribution is -2.40. The van der Waals surface area contributed by atoms with Crippen molar-refractivity contribution in [3.63, 3.8) is 0 Å². The standard InChI is InChI=1S/C14H14F3NO2/c15-14(16,17)12(11-4-2-1-3-5-11)10-13(19)18-6-8-20-9-7-18/h1-5,10H,6-9H2/b12-10-. The van der Waals surface area contributed by atoms with Crippen LogP contribution in [0.3, 0.4) is 0 Å². The van der Waals surface area contributed by atoms with Crippen molar-refractivity contribution >= 4 is 11.5 Å². The van der Waals surface area contributed by atoms with Crippen LogP contribution in [-0.2, 0) is 9.53 Å². The fraction of sp³-hybridized carbons (Fsp3) is 0.357. The molecule has 0 aromatic heterocycles. The number of benzene rings is 1. The summed E-state index contributed by atoms with van der Waals surface area (Å²) in [4.78, 5) is 13.3. The van der Waals surface area contributed by atoms with E-state index in [1.54, 1.807) is 6.07 Å². The Morgan fingerprint density at radius 1 is 1.15 bits per heavy atom. The average molecular weight is 285 g/mol. The molecule has 1 aromatic rings. The zero-order valence-corrected chi connectivity index (χ0v) is 10.7. The van der Waals surface area contributed by atoms with Crippen LogP contribution in [0, 0.1) is 0 Å². The largest absolute Gasteiger partial charge is 0.417 e. The average Bonchev–Trinajstić information content (AvgIpc) is 2.45. The van der Waals surface area contributed by atoms with Gasteiger partial charge in [0, 0.05) is 19.2 Å². The first-order valence-electron chi connectivity index (χ1n) is 6.19. The smallest absolute Gasteiger partial charge is 0.378 e. The highest BCUT2D eigenvalue weighted by atomic mass is 19.4. The number of allylic oxidation sites excluding steroid dienone is 1. The van der Waals surface area contributed by atoms with Crippen molar-refractivity contribution in [3.8, 4) is 0 Å². The van der Waals surface area contributed by atoms with Crippen LogP contribution in [0.1, 0.15) is 5.56 Å². The van der Waals surface area contributed by atoms with E-state index in [0.29, 0.717) is 32.4 Å². The Balaban J connectivity index is 2.27. The van der Waals surface area contributed by atoms with Crippen LogP contribution < -0.4 is 0 Å². The van der Waals surface area contributed by atoms with E-state index in [-0.39, 0.29) is 5.56 Å². The number of amides is 1. The summed E-state index contributed by atoms with van der Waals surface area (Å²) in [7, 11) is 0. The highest BCUT2D eigenvalue weighted by molar-refractivity contribution is 5.96. The topological polar surface area (TPSA) is 29.5 Å². The Hall–Kier alpha value is -1.82. The molecule has 108 valence electrons. The number of rotatable bonds is 2. The Kier molecular flexibility index (Phi) is 4.44. The van der Waals surface area contributed by atoms with Gasteiger partial charge in [-0.15, -0.1) is 0 Å². The zero-order chi connectivity index (χ0) is 14.6. The van der Waals surface area contributed by atoms with Crippen LogP contribution in [0.5, 0.6) is 0 Å². The van der Waals surface area contributed by atoms with Crippen molar-refractivity contribution in [2.45, 2.75) is 6.18 Å². The minimum absolute atomic E-state index is 0.0124. The molecule has 0 N–H and O–H groups in total. The van der Waals surface area contributed by atoms with Gasteiger partial charge in [0.05, 0.1) is 18.8 Å². The van der Waals surface area contributed by atoms with E-state index in [1.807, 2.05) is 0 Å². The molecule has 0 aliphatic carbocycles. The molecule has 1 saturated heterocycles. The maximum absolute atomic E-state index is 13.1. The highest BCUT2D eigenvalue weighted by Crippen LogP contribution is 2.33. The lowest BCUT2D eigenvalue weighted by molar-refractivity contribution is -0.130. The van der Waals surface area contributed by atoms with Crippen molar-refractivity contribution in [1.82, 2.24) is 4.90 Å². The monoisotopic (exact) mass is 285 g/mol. The number of hydrogen-bond acceptors (Lipinski definition) is 2. The summed E-state index contributed by atoms with van der Waals surface area (Å²) < 4.78 is 44.3. The molecule has 1 fully saturated rings. The first-order chi connectivity index (χ1) is 9.48. The molecule has 0 spiro atoms. The van der Waals surface area contributed by atoms with Gasteiger partial charge in [-0.2, -0.15) is 13.2 Å². The number of hydrogen-bond donors (Lipinski definition) is 0. The third-order valence-corrected chi connectivity index (χ3v) is 2.98. The molecule has 0 atom stereocenters. The molecule has 2 rings (SSSR count). The maximum atomic E-state index is 13.1. The molecular weight excluding hydrogens is 271 g/mol. The van der Waals surface area contributed by atoms with Crippen LogP contribution in [-0.4, -0.2) is 43.3 Å². The van der Waals surface area contributed by atoms with Crippen molar-refractivity contribution < 1.29 is 22.7 Å². The summed E-state index contributed by atoms with van der Waals surface area (Å²) in [6, 6.07) is 7.32. The molecule has 0 unspecified atom stereocenters. The molecule has 0 radical (unpaired) electrons. The molecule has 1 heterocycles.